The fraction of sp³-hybridized carbons (Fsp3) is 0.545. The van der Waals surface area contributed by atoms with Gasteiger partial charge in [-0.25, -0.2) is 4.79 Å². The van der Waals surface area contributed by atoms with Crippen molar-refractivity contribution < 1.29 is 9.90 Å². The molecule has 2 N–H and O–H groups in total. The Bertz CT molecular complexity index is 352. The van der Waals surface area contributed by atoms with Crippen LogP contribution in [-0.4, -0.2) is 35.2 Å². The predicted molar refractivity (Wildman–Crippen MR) is 62.0 cm³/mol. The number of hydrogen-bond donors (Lipinski definition) is 2. The highest BCUT2D eigenvalue weighted by Gasteiger charge is 2.24. The molecule has 0 saturated carbocycles. The van der Waals surface area contributed by atoms with Gasteiger partial charge in [0.25, 0.3) is 0 Å². The Morgan fingerprint density at radius 2 is 2.31 bits per heavy atom. The van der Waals surface area contributed by atoms with E-state index in [4.69, 9.17) is 11.6 Å². The minimum Gasteiger partial charge on any atom is -0.391 e. The number of nitrogens with one attached hydrogen (secondary N) is 1. The minimum absolute atomic E-state index is 0.130. The summed E-state index contributed by atoms with van der Waals surface area (Å²) in [6, 6.07) is -0.130. The van der Waals surface area contributed by atoms with Gasteiger partial charge in [-0.05, 0) is 31.4 Å². The summed E-state index contributed by atoms with van der Waals surface area (Å²) in [5, 5.41) is 13.0. The molecule has 1 saturated heterocycles. The molecular formula is C11H15ClN2O2. The molecule has 0 aromatic carbocycles. The van der Waals surface area contributed by atoms with Gasteiger partial charge in [0.05, 0.1) is 6.10 Å². The van der Waals surface area contributed by atoms with E-state index in [1.54, 1.807) is 11.0 Å². The van der Waals surface area contributed by atoms with Crippen LogP contribution in [0.1, 0.15) is 19.3 Å². The van der Waals surface area contributed by atoms with Gasteiger partial charge < -0.3 is 15.3 Å². The van der Waals surface area contributed by atoms with E-state index in [1.165, 1.54) is 0 Å². The monoisotopic (exact) mass is 242 g/mol. The molecule has 2 rings (SSSR count). The third-order valence-corrected chi connectivity index (χ3v) is 3.13. The van der Waals surface area contributed by atoms with E-state index in [9.17, 15) is 9.90 Å². The van der Waals surface area contributed by atoms with E-state index < -0.39 is 0 Å². The summed E-state index contributed by atoms with van der Waals surface area (Å²) >= 11 is 5.83. The molecule has 1 heterocycles. The molecular weight excluding hydrogens is 228 g/mol. The highest BCUT2D eigenvalue weighted by Crippen LogP contribution is 2.19. The summed E-state index contributed by atoms with van der Waals surface area (Å²) < 4.78 is 0. The van der Waals surface area contributed by atoms with Crippen LogP contribution in [0.3, 0.4) is 0 Å². The Kier molecular flexibility index (Phi) is 3.51. The molecule has 1 atom stereocenters. The van der Waals surface area contributed by atoms with E-state index >= 15 is 0 Å². The summed E-state index contributed by atoms with van der Waals surface area (Å²) in [6.07, 6.45) is 5.46. The molecule has 1 aliphatic heterocycles. The van der Waals surface area contributed by atoms with Crippen LogP contribution in [0.5, 0.6) is 0 Å². The van der Waals surface area contributed by atoms with Crippen molar-refractivity contribution in [1.82, 2.24) is 10.2 Å². The van der Waals surface area contributed by atoms with E-state index in [1.807, 2.05) is 6.08 Å². The summed E-state index contributed by atoms with van der Waals surface area (Å²) in [4.78, 5) is 13.4. The molecule has 0 spiro atoms. The van der Waals surface area contributed by atoms with Gasteiger partial charge in [-0.15, -0.1) is 0 Å². The average Bonchev–Trinajstić information content (AvgIpc) is 2.68. The first-order chi connectivity index (χ1) is 7.65. The maximum Gasteiger partial charge on any atom is 0.321 e. The standard InChI is InChI=1S/C11H15ClN2O2/c12-8-1-3-9(4-2-8)13-11(16)14-6-5-10(15)7-14/h1,3,10,15H,2,4-7H2,(H,13,16). The zero-order chi connectivity index (χ0) is 11.5. The Morgan fingerprint density at radius 1 is 1.50 bits per heavy atom. The van der Waals surface area contributed by atoms with Gasteiger partial charge in [-0.3, -0.25) is 0 Å². The smallest absolute Gasteiger partial charge is 0.321 e. The number of halogens is 1. The molecule has 4 nitrogen and oxygen atoms in total. The number of β-amino-alcohol motifs (C(OH)–C–C–N with tert-alkyl or cyclic N) is 1. The number of carbonyl (C=O) groups excluding carboxylic acids is 1. The van der Waals surface area contributed by atoms with Crippen LogP contribution in [-0.2, 0) is 0 Å². The second-order valence-corrected chi connectivity index (χ2v) is 4.61. The lowest BCUT2D eigenvalue weighted by molar-refractivity contribution is 0.173. The number of aliphatic hydroxyl groups excluding tert-OH is 1. The zero-order valence-corrected chi connectivity index (χ0v) is 9.70. The van der Waals surface area contributed by atoms with Crippen molar-refractivity contribution in [3.8, 4) is 0 Å². The number of hydrogen-bond acceptors (Lipinski definition) is 2. The van der Waals surface area contributed by atoms with E-state index in [2.05, 4.69) is 5.32 Å². The Labute approximate surface area is 99.6 Å². The SMILES string of the molecule is O=C(NC1=CC=C(Cl)CC1)N1CCC(O)C1. The van der Waals surface area contributed by atoms with Gasteiger partial charge in [0, 0.05) is 23.8 Å². The lowest BCUT2D eigenvalue weighted by Gasteiger charge is -2.19. The molecule has 16 heavy (non-hydrogen) atoms. The first kappa shape index (κ1) is 11.5. The van der Waals surface area contributed by atoms with Crippen molar-refractivity contribution in [2.45, 2.75) is 25.4 Å². The van der Waals surface area contributed by atoms with Gasteiger partial charge in [0.2, 0.25) is 0 Å². The number of carbonyl (C=O) groups is 1. The lowest BCUT2D eigenvalue weighted by Crippen LogP contribution is -2.38. The summed E-state index contributed by atoms with van der Waals surface area (Å²) in [5.41, 5.74) is 0.885. The number of urea groups is 1. The van der Waals surface area contributed by atoms with Gasteiger partial charge in [-0.2, -0.15) is 0 Å². The first-order valence-electron chi connectivity index (χ1n) is 5.44. The summed E-state index contributed by atoms with van der Waals surface area (Å²) in [5.74, 6) is 0. The van der Waals surface area contributed by atoms with E-state index in [0.29, 0.717) is 19.5 Å². The third-order valence-electron chi connectivity index (χ3n) is 2.82. The number of nitrogens with zero attached hydrogens (tertiary/aromatic N) is 1. The van der Waals surface area contributed by atoms with Crippen LogP contribution in [0.15, 0.2) is 22.9 Å². The van der Waals surface area contributed by atoms with Crippen LogP contribution in [0.4, 0.5) is 4.79 Å². The predicted octanol–water partition coefficient (Wildman–Crippen LogP) is 1.56. The Hall–Kier alpha value is -1.00. The molecule has 2 aliphatic rings. The normalized spacial score (nSPS) is 25.1. The van der Waals surface area contributed by atoms with Gasteiger partial charge >= 0.3 is 6.03 Å². The summed E-state index contributed by atoms with van der Waals surface area (Å²) in [7, 11) is 0. The number of aliphatic hydroxyl groups is 1. The maximum absolute atomic E-state index is 11.7. The molecule has 2 amide bonds. The van der Waals surface area contributed by atoms with Crippen molar-refractivity contribution >= 4 is 17.6 Å². The molecule has 88 valence electrons. The first-order valence-corrected chi connectivity index (χ1v) is 5.82. The fourth-order valence-electron chi connectivity index (χ4n) is 1.86. The highest BCUT2D eigenvalue weighted by atomic mass is 35.5. The van der Waals surface area contributed by atoms with E-state index in [0.717, 1.165) is 23.6 Å². The largest absolute Gasteiger partial charge is 0.391 e. The second kappa shape index (κ2) is 4.89. The number of rotatable bonds is 1. The van der Waals surface area contributed by atoms with Crippen molar-refractivity contribution in [2.24, 2.45) is 0 Å². The molecule has 0 aromatic heterocycles. The fourth-order valence-corrected chi connectivity index (χ4v) is 2.02. The number of allylic oxidation sites excluding steroid dienone is 4. The zero-order valence-electron chi connectivity index (χ0n) is 8.95. The number of amides is 2. The second-order valence-electron chi connectivity index (χ2n) is 4.12. The Morgan fingerprint density at radius 3 is 2.88 bits per heavy atom. The van der Waals surface area contributed by atoms with Crippen molar-refractivity contribution in [3.63, 3.8) is 0 Å². The average molecular weight is 243 g/mol. The van der Waals surface area contributed by atoms with Gasteiger partial charge in [-0.1, -0.05) is 11.6 Å². The van der Waals surface area contributed by atoms with E-state index in [-0.39, 0.29) is 12.1 Å². The number of likely N-dealkylation sites (tertiary alicyclic amines) is 1. The van der Waals surface area contributed by atoms with Gasteiger partial charge in [0.15, 0.2) is 0 Å². The molecule has 0 bridgehead atoms. The Balaban J connectivity index is 1.88. The quantitative estimate of drug-likeness (QED) is 0.733. The van der Waals surface area contributed by atoms with Crippen LogP contribution < -0.4 is 5.32 Å². The molecule has 1 fully saturated rings. The van der Waals surface area contributed by atoms with Crippen LogP contribution in [0.25, 0.3) is 0 Å². The topological polar surface area (TPSA) is 52.6 Å². The third kappa shape index (κ3) is 2.77. The molecule has 1 unspecified atom stereocenters. The maximum atomic E-state index is 11.7. The van der Waals surface area contributed by atoms with Crippen molar-refractivity contribution in [2.75, 3.05) is 13.1 Å². The van der Waals surface area contributed by atoms with Gasteiger partial charge in [0.1, 0.15) is 0 Å². The molecule has 5 heteroatoms. The summed E-state index contributed by atoms with van der Waals surface area (Å²) in [6.45, 7) is 1.05. The lowest BCUT2D eigenvalue weighted by atomic mass is 10.1. The molecule has 0 radical (unpaired) electrons. The molecule has 1 aliphatic carbocycles. The molecule has 0 aromatic rings. The van der Waals surface area contributed by atoms with Crippen LogP contribution in [0, 0.1) is 0 Å². The van der Waals surface area contributed by atoms with Crippen LogP contribution in [0.2, 0.25) is 0 Å². The van der Waals surface area contributed by atoms with Crippen LogP contribution >= 0.6 is 11.6 Å². The van der Waals surface area contributed by atoms with Crippen molar-refractivity contribution in [1.29, 1.82) is 0 Å². The van der Waals surface area contributed by atoms with Crippen molar-refractivity contribution in [3.05, 3.63) is 22.9 Å². The minimum atomic E-state index is -0.375. The highest BCUT2D eigenvalue weighted by molar-refractivity contribution is 6.29.